The molecule has 2 N–H and O–H groups in total. The summed E-state index contributed by atoms with van der Waals surface area (Å²) in [5.41, 5.74) is 0.912. The van der Waals surface area contributed by atoms with Crippen molar-refractivity contribution in [2.75, 3.05) is 6.54 Å². The molecule has 0 heterocycles. The molecule has 0 radical (unpaired) electrons. The molecule has 4 nitrogen and oxygen atoms in total. The van der Waals surface area contributed by atoms with Crippen LogP contribution in [0, 0.1) is 0 Å². The van der Waals surface area contributed by atoms with Gasteiger partial charge in [0.2, 0.25) is 11.8 Å². The number of nitrogens with one attached hydrogen (secondary N) is 2. The summed E-state index contributed by atoms with van der Waals surface area (Å²) in [6, 6.07) is 7.05. The van der Waals surface area contributed by atoms with E-state index in [9.17, 15) is 9.59 Å². The maximum Gasteiger partial charge on any atom is 0.244 e. The van der Waals surface area contributed by atoms with Crippen molar-refractivity contribution >= 4 is 33.8 Å². The third-order valence-electron chi connectivity index (χ3n) is 2.38. The number of hydrogen-bond acceptors (Lipinski definition) is 2. The minimum Gasteiger partial charge on any atom is -0.355 e. The second-order valence-corrected chi connectivity index (χ2v) is 4.93. The van der Waals surface area contributed by atoms with Crippen LogP contribution in [0.15, 0.2) is 34.8 Å². The molecule has 2 amide bonds. The van der Waals surface area contributed by atoms with Crippen LogP contribution in [0.5, 0.6) is 0 Å². The Hall–Kier alpha value is -1.62. The van der Waals surface area contributed by atoms with E-state index in [-0.39, 0.29) is 11.8 Å². The summed E-state index contributed by atoms with van der Waals surface area (Å²) in [6.07, 6.45) is 3.11. The molecule has 0 aliphatic carbocycles. The molecule has 1 rings (SSSR count). The third-order valence-corrected chi connectivity index (χ3v) is 2.87. The van der Waals surface area contributed by atoms with Crippen LogP contribution in [-0.4, -0.2) is 24.4 Å². The SMILES string of the molecule is CCNC(=O)[C@H](C)NC(=O)/C=C/c1cccc(Br)c1. The highest BCUT2D eigenvalue weighted by molar-refractivity contribution is 9.10. The summed E-state index contributed by atoms with van der Waals surface area (Å²) in [5, 5.41) is 5.25. The van der Waals surface area contributed by atoms with Gasteiger partial charge in [0, 0.05) is 17.1 Å². The molecule has 0 fully saturated rings. The number of benzene rings is 1. The first-order valence-electron chi connectivity index (χ1n) is 6.04. The highest BCUT2D eigenvalue weighted by Gasteiger charge is 2.12. The minimum atomic E-state index is -0.542. The number of rotatable bonds is 5. The summed E-state index contributed by atoms with van der Waals surface area (Å²) in [4.78, 5) is 23.1. The summed E-state index contributed by atoms with van der Waals surface area (Å²) >= 11 is 3.36. The number of hydrogen-bond donors (Lipinski definition) is 2. The molecule has 102 valence electrons. The van der Waals surface area contributed by atoms with Crippen LogP contribution in [0.4, 0.5) is 0 Å². The van der Waals surface area contributed by atoms with E-state index in [4.69, 9.17) is 0 Å². The topological polar surface area (TPSA) is 58.2 Å². The molecule has 0 aliphatic heterocycles. The normalized spacial score (nSPS) is 12.2. The number of carbonyl (C=O) groups excluding carboxylic acids is 2. The smallest absolute Gasteiger partial charge is 0.244 e. The maximum absolute atomic E-state index is 11.6. The Kier molecular flexibility index (Phi) is 6.29. The second-order valence-electron chi connectivity index (χ2n) is 4.01. The van der Waals surface area contributed by atoms with E-state index in [0.717, 1.165) is 10.0 Å². The van der Waals surface area contributed by atoms with Gasteiger partial charge < -0.3 is 10.6 Å². The quantitative estimate of drug-likeness (QED) is 0.815. The second kappa shape index (κ2) is 7.74. The largest absolute Gasteiger partial charge is 0.355 e. The average Bonchev–Trinajstić information content (AvgIpc) is 2.36. The van der Waals surface area contributed by atoms with Crippen molar-refractivity contribution in [3.8, 4) is 0 Å². The Bertz CT molecular complexity index is 486. The number of likely N-dealkylation sites (N-methyl/N-ethyl adjacent to an activating group) is 1. The first-order chi connectivity index (χ1) is 9.02. The molecule has 0 aromatic heterocycles. The average molecular weight is 325 g/mol. The Morgan fingerprint density at radius 2 is 2.16 bits per heavy atom. The Balaban J connectivity index is 2.53. The van der Waals surface area contributed by atoms with Gasteiger partial charge in [0.1, 0.15) is 6.04 Å². The van der Waals surface area contributed by atoms with Crippen LogP contribution in [0.1, 0.15) is 19.4 Å². The molecule has 5 heteroatoms. The van der Waals surface area contributed by atoms with Crippen molar-refractivity contribution in [3.63, 3.8) is 0 Å². The highest BCUT2D eigenvalue weighted by Crippen LogP contribution is 2.12. The van der Waals surface area contributed by atoms with Crippen LogP contribution in [-0.2, 0) is 9.59 Å². The zero-order valence-corrected chi connectivity index (χ0v) is 12.5. The highest BCUT2D eigenvalue weighted by atomic mass is 79.9. The minimum absolute atomic E-state index is 0.188. The molecule has 0 saturated carbocycles. The summed E-state index contributed by atoms with van der Waals surface area (Å²) in [7, 11) is 0. The lowest BCUT2D eigenvalue weighted by molar-refractivity contribution is -0.126. The van der Waals surface area contributed by atoms with Gasteiger partial charge in [-0.15, -0.1) is 0 Å². The lowest BCUT2D eigenvalue weighted by atomic mass is 10.2. The molecule has 0 aliphatic rings. The molecule has 1 atom stereocenters. The number of halogens is 1. The van der Waals surface area contributed by atoms with Crippen LogP contribution < -0.4 is 10.6 Å². The van der Waals surface area contributed by atoms with Crippen molar-refractivity contribution in [1.82, 2.24) is 10.6 Å². The van der Waals surface area contributed by atoms with Gasteiger partial charge in [0.25, 0.3) is 0 Å². The van der Waals surface area contributed by atoms with Gasteiger partial charge in [-0.1, -0.05) is 28.1 Å². The first-order valence-corrected chi connectivity index (χ1v) is 6.84. The molecule has 0 saturated heterocycles. The summed E-state index contributed by atoms with van der Waals surface area (Å²) in [6.45, 7) is 4.03. The maximum atomic E-state index is 11.6. The standard InChI is InChI=1S/C14H17BrN2O2/c1-3-16-14(19)10(2)17-13(18)8-7-11-5-4-6-12(15)9-11/h4-10H,3H2,1-2H3,(H,16,19)(H,17,18)/b8-7+/t10-/m0/s1. The predicted octanol–water partition coefficient (Wildman–Crippen LogP) is 2.10. The number of carbonyl (C=O) groups is 2. The van der Waals surface area contributed by atoms with Crippen LogP contribution in [0.3, 0.4) is 0 Å². The lowest BCUT2D eigenvalue weighted by Gasteiger charge is -2.11. The van der Waals surface area contributed by atoms with Crippen molar-refractivity contribution in [2.45, 2.75) is 19.9 Å². The van der Waals surface area contributed by atoms with Crippen molar-refractivity contribution in [2.24, 2.45) is 0 Å². The molecule has 1 aromatic carbocycles. The molecule has 1 aromatic rings. The van der Waals surface area contributed by atoms with E-state index in [1.54, 1.807) is 13.0 Å². The third kappa shape index (κ3) is 5.70. The fraction of sp³-hybridized carbons (Fsp3) is 0.286. The fourth-order valence-corrected chi connectivity index (χ4v) is 1.85. The van der Waals surface area contributed by atoms with E-state index in [0.29, 0.717) is 6.54 Å². The van der Waals surface area contributed by atoms with Crippen molar-refractivity contribution < 1.29 is 9.59 Å². The monoisotopic (exact) mass is 324 g/mol. The van der Waals surface area contributed by atoms with E-state index < -0.39 is 6.04 Å². The van der Waals surface area contributed by atoms with Gasteiger partial charge in [-0.2, -0.15) is 0 Å². The van der Waals surface area contributed by atoms with E-state index >= 15 is 0 Å². The molecule has 0 unspecified atom stereocenters. The summed E-state index contributed by atoms with van der Waals surface area (Å²) in [5.74, 6) is -0.481. The molecular formula is C14H17BrN2O2. The van der Waals surface area contributed by atoms with Gasteiger partial charge in [-0.3, -0.25) is 9.59 Å². The summed E-state index contributed by atoms with van der Waals surface area (Å²) < 4.78 is 0.950. The zero-order valence-electron chi connectivity index (χ0n) is 10.9. The first kappa shape index (κ1) is 15.4. The fourth-order valence-electron chi connectivity index (χ4n) is 1.44. The van der Waals surface area contributed by atoms with E-state index in [1.165, 1.54) is 6.08 Å². The van der Waals surface area contributed by atoms with Crippen LogP contribution in [0.25, 0.3) is 6.08 Å². The van der Waals surface area contributed by atoms with Gasteiger partial charge in [-0.05, 0) is 37.6 Å². The van der Waals surface area contributed by atoms with Gasteiger partial charge >= 0.3 is 0 Å². The van der Waals surface area contributed by atoms with Crippen molar-refractivity contribution in [1.29, 1.82) is 0 Å². The van der Waals surface area contributed by atoms with Gasteiger partial charge in [-0.25, -0.2) is 0 Å². The predicted molar refractivity (Wildman–Crippen MR) is 79.5 cm³/mol. The Labute approximate surface area is 121 Å². The lowest BCUT2D eigenvalue weighted by Crippen LogP contribution is -2.44. The molecule has 0 bridgehead atoms. The van der Waals surface area contributed by atoms with Gasteiger partial charge in [0.15, 0.2) is 0 Å². The Morgan fingerprint density at radius 3 is 2.79 bits per heavy atom. The van der Waals surface area contributed by atoms with E-state index in [1.807, 2.05) is 31.2 Å². The Morgan fingerprint density at radius 1 is 1.42 bits per heavy atom. The zero-order chi connectivity index (χ0) is 14.3. The molecule has 19 heavy (non-hydrogen) atoms. The molecular weight excluding hydrogens is 308 g/mol. The van der Waals surface area contributed by atoms with Crippen LogP contribution >= 0.6 is 15.9 Å². The number of amides is 2. The van der Waals surface area contributed by atoms with Crippen molar-refractivity contribution in [3.05, 3.63) is 40.4 Å². The van der Waals surface area contributed by atoms with Gasteiger partial charge in [0.05, 0.1) is 0 Å². The van der Waals surface area contributed by atoms with E-state index in [2.05, 4.69) is 26.6 Å². The van der Waals surface area contributed by atoms with Crippen LogP contribution in [0.2, 0.25) is 0 Å². The molecule has 0 spiro atoms.